The first-order chi connectivity index (χ1) is 7.59. The third kappa shape index (κ3) is 4.17. The van der Waals surface area contributed by atoms with Crippen LogP contribution in [0.15, 0.2) is 36.4 Å². The highest BCUT2D eigenvalue weighted by atomic mass is 16.5. The quantitative estimate of drug-likeness (QED) is 0.776. The number of ether oxygens (including phenoxy) is 1. The van der Waals surface area contributed by atoms with E-state index in [2.05, 4.69) is 0 Å². The van der Waals surface area contributed by atoms with Crippen LogP contribution in [-0.4, -0.2) is 17.2 Å². The maximum absolute atomic E-state index is 10.3. The van der Waals surface area contributed by atoms with Gasteiger partial charge in [0.15, 0.2) is 0 Å². The number of para-hydroxylation sites is 1. The zero-order chi connectivity index (χ0) is 12.0. The Hall–Kier alpha value is -1.77. The molecule has 0 saturated heterocycles. The van der Waals surface area contributed by atoms with Gasteiger partial charge in [-0.3, -0.25) is 0 Å². The number of aryl methyl sites for hydroxylation is 1. The van der Waals surface area contributed by atoms with Crippen LogP contribution in [0.25, 0.3) is 0 Å². The first-order valence-corrected chi connectivity index (χ1v) is 5.21. The Morgan fingerprint density at radius 1 is 1.50 bits per heavy atom. The predicted molar refractivity (Wildman–Crippen MR) is 62.7 cm³/mol. The van der Waals surface area contributed by atoms with Crippen molar-refractivity contribution in [2.75, 3.05) is 0 Å². The van der Waals surface area contributed by atoms with Gasteiger partial charge in [-0.1, -0.05) is 24.3 Å². The van der Waals surface area contributed by atoms with Gasteiger partial charge >= 0.3 is 5.97 Å². The van der Waals surface area contributed by atoms with Crippen molar-refractivity contribution in [2.24, 2.45) is 0 Å². The molecule has 1 aromatic carbocycles. The average Bonchev–Trinajstić information content (AvgIpc) is 2.21. The van der Waals surface area contributed by atoms with Crippen molar-refractivity contribution in [1.29, 1.82) is 0 Å². The lowest BCUT2D eigenvalue weighted by Crippen LogP contribution is -2.11. The van der Waals surface area contributed by atoms with Gasteiger partial charge in [-0.25, -0.2) is 4.79 Å². The van der Waals surface area contributed by atoms with Gasteiger partial charge in [0.1, 0.15) is 5.75 Å². The van der Waals surface area contributed by atoms with Gasteiger partial charge in [0, 0.05) is 12.5 Å². The van der Waals surface area contributed by atoms with E-state index < -0.39 is 5.97 Å². The van der Waals surface area contributed by atoms with Crippen LogP contribution < -0.4 is 4.74 Å². The summed E-state index contributed by atoms with van der Waals surface area (Å²) in [5, 5.41) is 8.43. The summed E-state index contributed by atoms with van der Waals surface area (Å²) in [5.41, 5.74) is 1.08. The fourth-order valence-corrected chi connectivity index (χ4v) is 1.31. The zero-order valence-corrected chi connectivity index (χ0v) is 9.51. The van der Waals surface area contributed by atoms with Crippen molar-refractivity contribution in [3.63, 3.8) is 0 Å². The molecule has 86 valence electrons. The van der Waals surface area contributed by atoms with Gasteiger partial charge in [0.05, 0.1) is 6.10 Å². The van der Waals surface area contributed by atoms with E-state index >= 15 is 0 Å². The maximum Gasteiger partial charge on any atom is 0.327 e. The summed E-state index contributed by atoms with van der Waals surface area (Å²) in [4.78, 5) is 10.3. The molecule has 0 heterocycles. The van der Waals surface area contributed by atoms with Gasteiger partial charge in [0.2, 0.25) is 0 Å². The summed E-state index contributed by atoms with van der Waals surface area (Å²) < 4.78 is 5.68. The number of benzene rings is 1. The van der Waals surface area contributed by atoms with E-state index in [4.69, 9.17) is 9.84 Å². The lowest BCUT2D eigenvalue weighted by Gasteiger charge is -2.14. The summed E-state index contributed by atoms with van der Waals surface area (Å²) in [7, 11) is 0. The molecule has 0 amide bonds. The highest BCUT2D eigenvalue weighted by Crippen LogP contribution is 2.18. The maximum atomic E-state index is 10.3. The van der Waals surface area contributed by atoms with Crippen LogP contribution in [0, 0.1) is 6.92 Å². The third-order valence-corrected chi connectivity index (χ3v) is 2.15. The number of rotatable bonds is 5. The Balaban J connectivity index is 2.49. The van der Waals surface area contributed by atoms with Crippen LogP contribution in [-0.2, 0) is 4.79 Å². The van der Waals surface area contributed by atoms with Crippen molar-refractivity contribution in [1.82, 2.24) is 0 Å². The van der Waals surface area contributed by atoms with Crippen molar-refractivity contribution < 1.29 is 14.6 Å². The minimum Gasteiger partial charge on any atom is -0.490 e. The lowest BCUT2D eigenvalue weighted by atomic mass is 10.2. The summed E-state index contributed by atoms with van der Waals surface area (Å²) in [6, 6.07) is 7.77. The standard InChI is InChI=1S/C13H16O3/c1-10-6-3-4-8-12(10)16-11(2)7-5-9-13(14)15/h3-6,8-9,11H,7H2,1-2H3,(H,14,15)/b9-5+. The Kier molecular flexibility index (Phi) is 4.58. The number of carboxylic acids is 1. The second-order valence-corrected chi connectivity index (χ2v) is 3.67. The molecular formula is C13H16O3. The van der Waals surface area contributed by atoms with Gasteiger partial charge in [0.25, 0.3) is 0 Å². The molecule has 1 unspecified atom stereocenters. The number of aliphatic carboxylic acids is 1. The van der Waals surface area contributed by atoms with Crippen LogP contribution in [0.5, 0.6) is 5.75 Å². The number of hydrogen-bond donors (Lipinski definition) is 1. The zero-order valence-electron chi connectivity index (χ0n) is 9.51. The smallest absolute Gasteiger partial charge is 0.327 e. The third-order valence-electron chi connectivity index (χ3n) is 2.15. The summed E-state index contributed by atoms with van der Waals surface area (Å²) in [6.07, 6.45) is 3.29. The van der Waals surface area contributed by atoms with Crippen LogP contribution >= 0.6 is 0 Å². The first-order valence-electron chi connectivity index (χ1n) is 5.21. The summed E-state index contributed by atoms with van der Waals surface area (Å²) >= 11 is 0. The number of carbonyl (C=O) groups is 1. The molecule has 1 aromatic rings. The molecule has 3 heteroatoms. The molecule has 1 rings (SSSR count). The minimum absolute atomic E-state index is 0.0308. The van der Waals surface area contributed by atoms with E-state index in [-0.39, 0.29) is 6.10 Å². The van der Waals surface area contributed by atoms with Crippen molar-refractivity contribution >= 4 is 5.97 Å². The fourth-order valence-electron chi connectivity index (χ4n) is 1.31. The van der Waals surface area contributed by atoms with Gasteiger partial charge in [-0.2, -0.15) is 0 Å². The number of hydrogen-bond acceptors (Lipinski definition) is 2. The molecule has 3 nitrogen and oxygen atoms in total. The molecule has 0 aliphatic heterocycles. The Bertz CT molecular complexity index is 383. The Labute approximate surface area is 95.4 Å². The molecule has 0 radical (unpaired) electrons. The normalized spacial score (nSPS) is 12.6. The molecule has 1 atom stereocenters. The highest BCUT2D eigenvalue weighted by molar-refractivity contribution is 5.79. The van der Waals surface area contributed by atoms with Crippen LogP contribution in [0.1, 0.15) is 18.9 Å². The molecule has 0 aliphatic carbocycles. The van der Waals surface area contributed by atoms with Crippen LogP contribution in [0.4, 0.5) is 0 Å². The van der Waals surface area contributed by atoms with E-state index in [0.717, 1.165) is 17.4 Å². The summed E-state index contributed by atoms with van der Waals surface area (Å²) in [5.74, 6) is -0.0817. The highest BCUT2D eigenvalue weighted by Gasteiger charge is 2.03. The Morgan fingerprint density at radius 2 is 2.19 bits per heavy atom. The average molecular weight is 220 g/mol. The molecule has 1 N–H and O–H groups in total. The molecule has 0 fully saturated rings. The second kappa shape index (κ2) is 5.95. The van der Waals surface area contributed by atoms with E-state index in [1.165, 1.54) is 0 Å². The minimum atomic E-state index is -0.928. The van der Waals surface area contributed by atoms with Crippen molar-refractivity contribution in [2.45, 2.75) is 26.4 Å². The lowest BCUT2D eigenvalue weighted by molar-refractivity contribution is -0.131. The van der Waals surface area contributed by atoms with Crippen LogP contribution in [0.2, 0.25) is 0 Å². The number of carboxylic acid groups (broad SMARTS) is 1. The molecule has 0 bridgehead atoms. The SMILES string of the molecule is Cc1ccccc1OC(C)C/C=C/C(=O)O. The van der Waals surface area contributed by atoms with Crippen molar-refractivity contribution in [3.8, 4) is 5.75 Å². The molecular weight excluding hydrogens is 204 g/mol. The van der Waals surface area contributed by atoms with Gasteiger partial charge in [-0.15, -0.1) is 0 Å². The van der Waals surface area contributed by atoms with E-state index in [1.807, 2.05) is 38.1 Å². The molecule has 0 aromatic heterocycles. The van der Waals surface area contributed by atoms with Crippen molar-refractivity contribution in [3.05, 3.63) is 42.0 Å². The largest absolute Gasteiger partial charge is 0.490 e. The van der Waals surface area contributed by atoms with Crippen LogP contribution in [0.3, 0.4) is 0 Å². The van der Waals surface area contributed by atoms with Gasteiger partial charge < -0.3 is 9.84 Å². The summed E-state index contributed by atoms with van der Waals surface area (Å²) in [6.45, 7) is 3.90. The molecule has 0 spiro atoms. The molecule has 0 aliphatic rings. The molecule has 16 heavy (non-hydrogen) atoms. The second-order valence-electron chi connectivity index (χ2n) is 3.67. The molecule has 0 saturated carbocycles. The Morgan fingerprint density at radius 3 is 2.81 bits per heavy atom. The first kappa shape index (κ1) is 12.3. The van der Waals surface area contributed by atoms with E-state index in [0.29, 0.717) is 6.42 Å². The fraction of sp³-hybridized carbons (Fsp3) is 0.308. The van der Waals surface area contributed by atoms with E-state index in [1.54, 1.807) is 6.08 Å². The topological polar surface area (TPSA) is 46.5 Å². The van der Waals surface area contributed by atoms with Gasteiger partial charge in [-0.05, 0) is 25.5 Å². The van der Waals surface area contributed by atoms with E-state index in [9.17, 15) is 4.79 Å². The predicted octanol–water partition coefficient (Wildman–Crippen LogP) is 2.79. The monoisotopic (exact) mass is 220 g/mol.